The number of ketones is 2. The predicted molar refractivity (Wildman–Crippen MR) is 81.0 cm³/mol. The van der Waals surface area contributed by atoms with Gasteiger partial charge in [0.25, 0.3) is 0 Å². The fraction of sp³-hybridized carbons (Fsp3) is 0.0588. The first-order chi connectivity index (χ1) is 10.3. The quantitative estimate of drug-likeness (QED) is 0.642. The molecule has 0 radical (unpaired) electrons. The Morgan fingerprint density at radius 3 is 1.81 bits per heavy atom. The van der Waals surface area contributed by atoms with Crippen LogP contribution in [0.3, 0.4) is 0 Å². The Kier molecular flexibility index (Phi) is 8.66. The molecule has 0 aromatic rings. The average molecular weight is 284 g/mol. The molecule has 0 atom stereocenters. The Bertz CT molecular complexity index is 543. The standard InChI is InChI=1S/C17H16O4/c18-16-11-9-7-5-3-1-2-4-6-8-10-12-17(19)15-21-20-14-13-16/h1-14H,15H2/b3-1-,4-2-,7-5-,8-6-,11-9-,12-10-,14-13-. The minimum absolute atomic E-state index is 0.222. The third-order valence-electron chi connectivity index (χ3n) is 2.10. The van der Waals surface area contributed by atoms with E-state index in [0.29, 0.717) is 0 Å². The maximum atomic E-state index is 11.3. The minimum Gasteiger partial charge on any atom is -0.345 e. The van der Waals surface area contributed by atoms with Crippen LogP contribution in [0, 0.1) is 0 Å². The molecule has 21 heavy (non-hydrogen) atoms. The number of carbonyl (C=O) groups excluding carboxylic acids is 2. The van der Waals surface area contributed by atoms with Crippen molar-refractivity contribution in [1.82, 2.24) is 0 Å². The molecule has 1 aliphatic rings. The van der Waals surface area contributed by atoms with Crippen LogP contribution in [-0.4, -0.2) is 18.2 Å². The lowest BCUT2D eigenvalue weighted by molar-refractivity contribution is -0.243. The predicted octanol–water partition coefficient (Wildman–Crippen LogP) is 2.94. The fourth-order valence-corrected chi connectivity index (χ4v) is 1.16. The zero-order valence-corrected chi connectivity index (χ0v) is 11.4. The third-order valence-corrected chi connectivity index (χ3v) is 2.10. The van der Waals surface area contributed by atoms with Crippen molar-refractivity contribution >= 4 is 11.6 Å². The van der Waals surface area contributed by atoms with Crippen molar-refractivity contribution in [2.24, 2.45) is 0 Å². The van der Waals surface area contributed by atoms with Crippen LogP contribution in [0.25, 0.3) is 0 Å². The maximum Gasteiger partial charge on any atom is 0.185 e. The Morgan fingerprint density at radius 2 is 1.19 bits per heavy atom. The molecule has 0 aromatic carbocycles. The molecule has 0 spiro atoms. The molecule has 4 heteroatoms. The van der Waals surface area contributed by atoms with Crippen LogP contribution in [0.15, 0.2) is 85.3 Å². The lowest BCUT2D eigenvalue weighted by Gasteiger charge is -1.96. The van der Waals surface area contributed by atoms with Crippen LogP contribution < -0.4 is 0 Å². The van der Waals surface area contributed by atoms with Crippen molar-refractivity contribution in [3.8, 4) is 0 Å². The van der Waals surface area contributed by atoms with Crippen molar-refractivity contribution in [2.75, 3.05) is 6.61 Å². The van der Waals surface area contributed by atoms with Crippen LogP contribution in [0.2, 0.25) is 0 Å². The molecule has 0 unspecified atom stereocenters. The molecule has 1 rings (SSSR count). The van der Waals surface area contributed by atoms with Gasteiger partial charge < -0.3 is 4.89 Å². The molecule has 1 heterocycles. The van der Waals surface area contributed by atoms with E-state index in [0.717, 1.165) is 6.26 Å². The molecule has 0 aromatic heterocycles. The van der Waals surface area contributed by atoms with Gasteiger partial charge in [0.05, 0.1) is 0 Å². The summed E-state index contributed by atoms with van der Waals surface area (Å²) in [6.07, 6.45) is 22.7. The van der Waals surface area contributed by atoms with Crippen molar-refractivity contribution in [2.45, 2.75) is 0 Å². The van der Waals surface area contributed by atoms with Crippen molar-refractivity contribution in [3.63, 3.8) is 0 Å². The van der Waals surface area contributed by atoms with Gasteiger partial charge in [0.1, 0.15) is 6.26 Å². The summed E-state index contributed by atoms with van der Waals surface area (Å²) in [5.74, 6) is -0.495. The van der Waals surface area contributed by atoms with E-state index in [9.17, 15) is 9.59 Å². The van der Waals surface area contributed by atoms with Gasteiger partial charge in [-0.2, -0.15) is 4.89 Å². The van der Waals surface area contributed by atoms with E-state index in [1.807, 2.05) is 24.3 Å². The monoisotopic (exact) mass is 284 g/mol. The maximum absolute atomic E-state index is 11.3. The minimum atomic E-state index is -0.250. The SMILES string of the molecule is O=C1\C=C/C=C\C=C/C=C\C=C/C=C\C(=O)COO/C=C\1. The summed E-state index contributed by atoms with van der Waals surface area (Å²) in [7, 11) is 0. The summed E-state index contributed by atoms with van der Waals surface area (Å²) in [4.78, 5) is 31.9. The topological polar surface area (TPSA) is 52.6 Å². The van der Waals surface area contributed by atoms with Gasteiger partial charge in [-0.05, 0) is 12.2 Å². The highest BCUT2D eigenvalue weighted by atomic mass is 17.2. The second-order valence-electron chi connectivity index (χ2n) is 3.79. The molecule has 1 aliphatic heterocycles. The summed E-state index contributed by atoms with van der Waals surface area (Å²) in [5.41, 5.74) is 0. The molecule has 0 aliphatic carbocycles. The van der Waals surface area contributed by atoms with Crippen LogP contribution in [0.5, 0.6) is 0 Å². The average Bonchev–Trinajstić information content (AvgIpc) is 2.47. The van der Waals surface area contributed by atoms with E-state index >= 15 is 0 Å². The van der Waals surface area contributed by atoms with E-state index in [1.54, 1.807) is 36.5 Å². The summed E-state index contributed by atoms with van der Waals surface area (Å²) in [6.45, 7) is -0.222. The van der Waals surface area contributed by atoms with E-state index in [-0.39, 0.29) is 18.2 Å². The molecule has 0 N–H and O–H groups in total. The Morgan fingerprint density at radius 1 is 0.667 bits per heavy atom. The van der Waals surface area contributed by atoms with Crippen LogP contribution >= 0.6 is 0 Å². The van der Waals surface area contributed by atoms with Crippen LogP contribution in [-0.2, 0) is 19.4 Å². The van der Waals surface area contributed by atoms with E-state index in [2.05, 4.69) is 9.78 Å². The first-order valence-corrected chi connectivity index (χ1v) is 6.32. The largest absolute Gasteiger partial charge is 0.345 e. The van der Waals surface area contributed by atoms with Gasteiger partial charge in [0.2, 0.25) is 0 Å². The fourth-order valence-electron chi connectivity index (χ4n) is 1.16. The first kappa shape index (κ1) is 16.3. The summed E-state index contributed by atoms with van der Waals surface area (Å²) >= 11 is 0. The highest BCUT2D eigenvalue weighted by Gasteiger charge is 1.95. The molecular formula is C17H16O4. The van der Waals surface area contributed by atoms with Gasteiger partial charge in [0.15, 0.2) is 18.2 Å². The third kappa shape index (κ3) is 9.81. The van der Waals surface area contributed by atoms with Gasteiger partial charge in [0, 0.05) is 6.08 Å². The normalized spacial score (nSPS) is 28.0. The molecule has 0 fully saturated rings. The van der Waals surface area contributed by atoms with Gasteiger partial charge in [-0.25, -0.2) is 0 Å². The van der Waals surface area contributed by atoms with Crippen LogP contribution in [0.1, 0.15) is 0 Å². The lowest BCUT2D eigenvalue weighted by Crippen LogP contribution is -2.04. The molecule has 0 saturated heterocycles. The number of rotatable bonds is 0. The van der Waals surface area contributed by atoms with Gasteiger partial charge in [-0.1, -0.05) is 60.8 Å². The zero-order chi connectivity index (χ0) is 15.2. The Labute approximate surface area is 123 Å². The van der Waals surface area contributed by atoms with Gasteiger partial charge >= 0.3 is 0 Å². The molecule has 108 valence electrons. The molecule has 0 saturated carbocycles. The number of hydrogen-bond donors (Lipinski definition) is 0. The van der Waals surface area contributed by atoms with Crippen molar-refractivity contribution in [1.29, 1.82) is 0 Å². The summed E-state index contributed by atoms with van der Waals surface area (Å²) in [5, 5.41) is 0. The molecular weight excluding hydrogens is 268 g/mol. The summed E-state index contributed by atoms with van der Waals surface area (Å²) in [6, 6.07) is 0. The number of carbonyl (C=O) groups is 2. The number of allylic oxidation sites excluding steroid dienone is 12. The second kappa shape index (κ2) is 11.1. The highest BCUT2D eigenvalue weighted by molar-refractivity contribution is 5.99. The second-order valence-corrected chi connectivity index (χ2v) is 3.79. The van der Waals surface area contributed by atoms with E-state index < -0.39 is 0 Å². The van der Waals surface area contributed by atoms with E-state index in [4.69, 9.17) is 0 Å². The van der Waals surface area contributed by atoms with Crippen molar-refractivity contribution in [3.05, 3.63) is 85.3 Å². The first-order valence-electron chi connectivity index (χ1n) is 6.32. The Balaban J connectivity index is 2.67. The lowest BCUT2D eigenvalue weighted by atomic mass is 10.3. The Hall–Kier alpha value is -2.72. The van der Waals surface area contributed by atoms with Crippen molar-refractivity contribution < 1.29 is 19.4 Å². The molecule has 0 bridgehead atoms. The van der Waals surface area contributed by atoms with Gasteiger partial charge in [-0.3, -0.25) is 9.59 Å². The zero-order valence-electron chi connectivity index (χ0n) is 11.4. The smallest absolute Gasteiger partial charge is 0.185 e. The van der Waals surface area contributed by atoms with Crippen LogP contribution in [0.4, 0.5) is 0 Å². The number of hydrogen-bond acceptors (Lipinski definition) is 4. The summed E-state index contributed by atoms with van der Waals surface area (Å²) < 4.78 is 0. The molecule has 0 amide bonds. The molecule has 4 nitrogen and oxygen atoms in total. The van der Waals surface area contributed by atoms with E-state index in [1.165, 1.54) is 18.2 Å². The highest BCUT2D eigenvalue weighted by Crippen LogP contribution is 1.90. The van der Waals surface area contributed by atoms with Gasteiger partial charge in [-0.15, -0.1) is 0 Å².